The summed E-state index contributed by atoms with van der Waals surface area (Å²) in [4.78, 5) is 10.4. The van der Waals surface area contributed by atoms with E-state index in [2.05, 4.69) is 5.32 Å². The van der Waals surface area contributed by atoms with Crippen molar-refractivity contribution in [2.24, 2.45) is 0 Å². The molecule has 1 aromatic carbocycles. The fraction of sp³-hybridized carbons (Fsp3) is 0.222. The average Bonchev–Trinajstić information content (AvgIpc) is 2.19. The van der Waals surface area contributed by atoms with Crippen LogP contribution in [0.25, 0.3) is 0 Å². The second-order valence-electron chi connectivity index (χ2n) is 2.90. The number of hydrogen-bond donors (Lipinski definition) is 1. The number of ether oxygens (including phenoxy) is 1. The highest BCUT2D eigenvalue weighted by Gasteiger charge is 2.34. The largest absolute Gasteiger partial charge is 0.464 e. The summed E-state index contributed by atoms with van der Waals surface area (Å²) in [6.45, 7) is 0. The maximum atomic E-state index is 10.4. The van der Waals surface area contributed by atoms with Gasteiger partial charge >= 0.3 is 0 Å². The van der Waals surface area contributed by atoms with E-state index in [1.165, 1.54) is 12.1 Å². The molecule has 0 unspecified atom stereocenters. The van der Waals surface area contributed by atoms with Crippen LogP contribution in [0.15, 0.2) is 18.2 Å². The highest BCUT2D eigenvalue weighted by molar-refractivity contribution is 6.68. The van der Waals surface area contributed by atoms with Crippen LogP contribution in [0.3, 0.4) is 0 Å². The van der Waals surface area contributed by atoms with Crippen LogP contribution in [0, 0.1) is 0 Å². The highest BCUT2D eigenvalue weighted by Crippen LogP contribution is 2.34. The molecule has 17 heavy (non-hydrogen) atoms. The third-order valence-electron chi connectivity index (χ3n) is 1.66. The molecule has 0 bridgehead atoms. The predicted octanol–water partition coefficient (Wildman–Crippen LogP) is 3.81. The average molecular weight is 337 g/mol. The summed E-state index contributed by atoms with van der Waals surface area (Å²) in [5.41, 5.74) is 0. The van der Waals surface area contributed by atoms with Crippen LogP contribution in [0.5, 0.6) is 5.75 Å². The third kappa shape index (κ3) is 4.60. The minimum atomic E-state index is -1.83. The molecule has 3 nitrogen and oxygen atoms in total. The van der Waals surface area contributed by atoms with Crippen molar-refractivity contribution in [1.82, 2.24) is 5.32 Å². The maximum absolute atomic E-state index is 10.4. The van der Waals surface area contributed by atoms with Gasteiger partial charge in [0.05, 0.1) is 5.02 Å². The van der Waals surface area contributed by atoms with Gasteiger partial charge < -0.3 is 10.1 Å². The number of alkyl halides is 3. The molecular formula is C9H6Cl5NO2. The molecule has 0 aliphatic carbocycles. The molecule has 94 valence electrons. The number of hydrogen-bond acceptors (Lipinski definition) is 2. The second-order valence-corrected chi connectivity index (χ2v) is 6.11. The van der Waals surface area contributed by atoms with Crippen molar-refractivity contribution in [1.29, 1.82) is 0 Å². The molecule has 8 heteroatoms. The summed E-state index contributed by atoms with van der Waals surface area (Å²) < 4.78 is 3.45. The van der Waals surface area contributed by atoms with Crippen molar-refractivity contribution in [3.05, 3.63) is 28.2 Å². The zero-order valence-corrected chi connectivity index (χ0v) is 11.9. The molecular weight excluding hydrogens is 331 g/mol. The summed E-state index contributed by atoms with van der Waals surface area (Å²) in [6, 6.07) is 4.52. The Kier molecular flexibility index (Phi) is 5.48. The van der Waals surface area contributed by atoms with Crippen LogP contribution >= 0.6 is 58.0 Å². The van der Waals surface area contributed by atoms with Crippen LogP contribution in [0.1, 0.15) is 0 Å². The standard InChI is InChI=1S/C9H6Cl5NO2/c10-5-1-2-7(6(11)3-5)17-8(15-4-16)9(12,13)14/h1-4,8H,(H,15,16)/t8-/m1/s1. The molecule has 0 aliphatic heterocycles. The van der Waals surface area contributed by atoms with E-state index in [0.29, 0.717) is 11.4 Å². The van der Waals surface area contributed by atoms with E-state index >= 15 is 0 Å². The lowest BCUT2D eigenvalue weighted by molar-refractivity contribution is -0.111. The van der Waals surface area contributed by atoms with Crippen molar-refractivity contribution in [3.63, 3.8) is 0 Å². The normalized spacial score (nSPS) is 13.0. The second kappa shape index (κ2) is 6.21. The van der Waals surface area contributed by atoms with Crippen LogP contribution in [0.4, 0.5) is 0 Å². The Bertz CT molecular complexity index is 407. The highest BCUT2D eigenvalue weighted by atomic mass is 35.6. The molecule has 1 atom stereocenters. The molecule has 1 rings (SSSR count). The van der Waals surface area contributed by atoms with E-state index in [4.69, 9.17) is 62.7 Å². The first-order valence-electron chi connectivity index (χ1n) is 4.22. The molecule has 0 radical (unpaired) electrons. The van der Waals surface area contributed by atoms with Gasteiger partial charge in [0.25, 0.3) is 0 Å². The molecule has 1 N–H and O–H groups in total. The number of carbonyl (C=O) groups is 1. The van der Waals surface area contributed by atoms with Crippen molar-refractivity contribution in [2.75, 3.05) is 0 Å². The fourth-order valence-corrected chi connectivity index (χ4v) is 1.73. The SMILES string of the molecule is O=CN[C@H](Oc1ccc(Cl)cc1Cl)C(Cl)(Cl)Cl. The van der Waals surface area contributed by atoms with Crippen molar-refractivity contribution >= 4 is 64.4 Å². The van der Waals surface area contributed by atoms with E-state index in [-0.39, 0.29) is 10.8 Å². The maximum Gasteiger partial charge on any atom is 0.246 e. The van der Waals surface area contributed by atoms with Crippen LogP contribution in [-0.2, 0) is 4.79 Å². The van der Waals surface area contributed by atoms with Crippen LogP contribution in [-0.4, -0.2) is 16.4 Å². The minimum absolute atomic E-state index is 0.238. The molecule has 0 saturated heterocycles. The Labute approximate surface area is 123 Å². The first-order chi connectivity index (χ1) is 7.84. The number of carbonyl (C=O) groups excluding carboxylic acids is 1. The number of nitrogens with one attached hydrogen (secondary N) is 1. The van der Waals surface area contributed by atoms with Gasteiger partial charge in [-0.1, -0.05) is 58.0 Å². The van der Waals surface area contributed by atoms with Gasteiger partial charge in [0.15, 0.2) is 0 Å². The third-order valence-corrected chi connectivity index (χ3v) is 2.78. The first-order valence-corrected chi connectivity index (χ1v) is 6.11. The van der Waals surface area contributed by atoms with Crippen molar-refractivity contribution in [3.8, 4) is 5.75 Å². The summed E-state index contributed by atoms with van der Waals surface area (Å²) in [7, 11) is 0. The van der Waals surface area contributed by atoms with Crippen LogP contribution in [0.2, 0.25) is 10.0 Å². The lowest BCUT2D eigenvalue weighted by Crippen LogP contribution is -2.44. The van der Waals surface area contributed by atoms with E-state index in [1.807, 2.05) is 0 Å². The molecule has 0 aromatic heterocycles. The van der Waals surface area contributed by atoms with Gasteiger partial charge in [-0.3, -0.25) is 4.79 Å². The van der Waals surface area contributed by atoms with E-state index < -0.39 is 10.0 Å². The summed E-state index contributed by atoms with van der Waals surface area (Å²) >= 11 is 28.5. The lowest BCUT2D eigenvalue weighted by Gasteiger charge is -2.24. The number of halogens is 5. The first kappa shape index (κ1) is 15.0. The van der Waals surface area contributed by atoms with Gasteiger partial charge in [0.1, 0.15) is 5.75 Å². The Morgan fingerprint density at radius 1 is 1.29 bits per heavy atom. The summed E-state index contributed by atoms with van der Waals surface area (Å²) in [5, 5.41) is 2.90. The zero-order valence-electron chi connectivity index (χ0n) is 8.09. The van der Waals surface area contributed by atoms with Crippen molar-refractivity contribution in [2.45, 2.75) is 10.0 Å². The van der Waals surface area contributed by atoms with Gasteiger partial charge in [-0.15, -0.1) is 0 Å². The Morgan fingerprint density at radius 3 is 2.41 bits per heavy atom. The number of benzene rings is 1. The molecule has 0 heterocycles. The summed E-state index contributed by atoms with van der Waals surface area (Å²) in [6.07, 6.45) is -0.806. The zero-order chi connectivity index (χ0) is 13.1. The van der Waals surface area contributed by atoms with Crippen LogP contribution < -0.4 is 10.1 Å². The number of amides is 1. The molecule has 0 saturated carbocycles. The van der Waals surface area contributed by atoms with Crippen molar-refractivity contribution < 1.29 is 9.53 Å². The van der Waals surface area contributed by atoms with Gasteiger partial charge in [-0.25, -0.2) is 0 Å². The van der Waals surface area contributed by atoms with E-state index in [9.17, 15) is 4.79 Å². The monoisotopic (exact) mass is 335 g/mol. The molecule has 0 aliphatic rings. The fourth-order valence-electron chi connectivity index (χ4n) is 0.955. The van der Waals surface area contributed by atoms with Gasteiger partial charge in [-0.05, 0) is 18.2 Å². The topological polar surface area (TPSA) is 38.3 Å². The predicted molar refractivity (Wildman–Crippen MR) is 70.4 cm³/mol. The van der Waals surface area contributed by atoms with E-state index in [1.54, 1.807) is 6.07 Å². The van der Waals surface area contributed by atoms with E-state index in [0.717, 1.165) is 0 Å². The van der Waals surface area contributed by atoms with Gasteiger partial charge in [-0.2, -0.15) is 0 Å². The van der Waals surface area contributed by atoms with Gasteiger partial charge in [0.2, 0.25) is 16.4 Å². The smallest absolute Gasteiger partial charge is 0.246 e. The molecule has 0 fully saturated rings. The quantitative estimate of drug-likeness (QED) is 0.515. The molecule has 1 aromatic rings. The lowest BCUT2D eigenvalue weighted by atomic mass is 10.3. The Balaban J connectivity index is 2.90. The Morgan fingerprint density at radius 2 is 1.94 bits per heavy atom. The molecule has 1 amide bonds. The Hall–Kier alpha value is -0.0600. The number of rotatable bonds is 4. The molecule has 0 spiro atoms. The summed E-state index contributed by atoms with van der Waals surface area (Å²) in [5.74, 6) is 0.238. The minimum Gasteiger partial charge on any atom is -0.464 e. The van der Waals surface area contributed by atoms with Gasteiger partial charge in [0, 0.05) is 5.02 Å².